The average Bonchev–Trinajstić information content (AvgIpc) is 3.08. The second-order valence-corrected chi connectivity index (χ2v) is 7.54. The number of benzene rings is 1. The van der Waals surface area contributed by atoms with E-state index in [-0.39, 0.29) is 0 Å². The van der Waals surface area contributed by atoms with Gasteiger partial charge in [0.1, 0.15) is 10.8 Å². The molecule has 0 atom stereocenters. The van der Waals surface area contributed by atoms with Gasteiger partial charge in [0.05, 0.1) is 0 Å². The maximum Gasteiger partial charge on any atom is 0.460 e. The fourth-order valence-electron chi connectivity index (χ4n) is 1.72. The molecule has 156 valence electrons. The zero-order valence-electron chi connectivity index (χ0n) is 12.9. The monoisotopic (exact) mass is 459 g/mol. The highest BCUT2D eigenvalue weighted by Gasteiger charge is 2.86. The molecule has 2 aromatic rings. The normalized spacial score (nSPS) is 14.2. The van der Waals surface area contributed by atoms with Gasteiger partial charge in [-0.25, -0.2) is 4.98 Å². The second kappa shape index (κ2) is 6.79. The van der Waals surface area contributed by atoms with Crippen molar-refractivity contribution in [3.05, 3.63) is 35.8 Å². The van der Waals surface area contributed by atoms with Crippen LogP contribution in [-0.4, -0.2) is 36.7 Å². The smallest absolute Gasteiger partial charge is 0.378 e. The summed E-state index contributed by atoms with van der Waals surface area (Å²) in [6, 6.07) is 3.55. The highest BCUT2D eigenvalue weighted by Crippen LogP contribution is 2.54. The molecule has 2 rings (SSSR count). The predicted molar refractivity (Wildman–Crippen MR) is 78.0 cm³/mol. The van der Waals surface area contributed by atoms with Crippen molar-refractivity contribution < 1.29 is 52.1 Å². The average molecular weight is 459 g/mol. The van der Waals surface area contributed by atoms with E-state index in [4.69, 9.17) is 0 Å². The Morgan fingerprint density at radius 2 is 1.39 bits per heavy atom. The van der Waals surface area contributed by atoms with Gasteiger partial charge in [0.2, 0.25) is 0 Å². The van der Waals surface area contributed by atoms with Gasteiger partial charge in [-0.05, 0) is 24.3 Å². The van der Waals surface area contributed by atoms with Crippen LogP contribution in [0.3, 0.4) is 0 Å². The zero-order chi connectivity index (χ0) is 21.6. The van der Waals surface area contributed by atoms with Crippen LogP contribution in [0.15, 0.2) is 35.8 Å². The number of hydrogen-bond acceptors (Lipinski definition) is 5. The molecule has 0 amide bonds. The summed E-state index contributed by atoms with van der Waals surface area (Å²) in [5, 5.41) is -4.95. The molecule has 1 aromatic carbocycles. The van der Waals surface area contributed by atoms with Gasteiger partial charge >= 0.3 is 33.4 Å². The van der Waals surface area contributed by atoms with Crippen LogP contribution in [0.2, 0.25) is 0 Å². The van der Waals surface area contributed by atoms with E-state index in [2.05, 4.69) is 9.17 Å². The van der Waals surface area contributed by atoms with Gasteiger partial charge in [-0.3, -0.25) is 0 Å². The number of thiazole rings is 1. The molecule has 15 heteroatoms. The van der Waals surface area contributed by atoms with Crippen molar-refractivity contribution in [3.8, 4) is 16.3 Å². The van der Waals surface area contributed by atoms with Crippen LogP contribution in [0, 0.1) is 0 Å². The molecule has 0 spiro atoms. The first kappa shape index (κ1) is 22.3. The number of hydrogen-bond donors (Lipinski definition) is 0. The molecule has 0 fully saturated rings. The van der Waals surface area contributed by atoms with Gasteiger partial charge in [-0.15, -0.1) is 11.3 Å². The van der Waals surface area contributed by atoms with Crippen LogP contribution in [0.5, 0.6) is 5.75 Å². The summed E-state index contributed by atoms with van der Waals surface area (Å²) < 4.78 is 142. The number of nitrogens with zero attached hydrogens (tertiary/aromatic N) is 1. The third-order valence-electron chi connectivity index (χ3n) is 3.17. The molecule has 1 aromatic heterocycles. The molecular formula is C13H6F9NO3S2. The zero-order valence-corrected chi connectivity index (χ0v) is 14.5. The Balaban J connectivity index is 2.34. The van der Waals surface area contributed by atoms with Gasteiger partial charge in [-0.1, -0.05) is 0 Å². The highest BCUT2D eigenvalue weighted by molar-refractivity contribution is 7.88. The molecule has 1 heterocycles. The van der Waals surface area contributed by atoms with Crippen LogP contribution in [0.1, 0.15) is 0 Å². The molecule has 0 bridgehead atoms. The maximum absolute atomic E-state index is 13.5. The molecule has 0 unspecified atom stereocenters. The van der Waals surface area contributed by atoms with Crippen LogP contribution in [-0.2, 0) is 10.1 Å². The first-order chi connectivity index (χ1) is 12.5. The van der Waals surface area contributed by atoms with Crippen molar-refractivity contribution in [2.45, 2.75) is 23.3 Å². The lowest BCUT2D eigenvalue weighted by atomic mass is 10.1. The van der Waals surface area contributed by atoms with Crippen LogP contribution in [0.4, 0.5) is 39.5 Å². The summed E-state index contributed by atoms with van der Waals surface area (Å²) in [7, 11) is -6.96. The molecular weight excluding hydrogens is 453 g/mol. The minimum absolute atomic E-state index is 0.334. The molecule has 0 saturated carbocycles. The quantitative estimate of drug-likeness (QED) is 0.454. The molecule has 0 aliphatic rings. The molecule has 4 nitrogen and oxygen atoms in total. The van der Waals surface area contributed by atoms with E-state index >= 15 is 0 Å². The van der Waals surface area contributed by atoms with Crippen molar-refractivity contribution in [1.82, 2.24) is 4.98 Å². The number of rotatable bonds is 6. The van der Waals surface area contributed by atoms with E-state index in [0.29, 0.717) is 22.7 Å². The predicted octanol–water partition coefficient (Wildman–Crippen LogP) is 4.94. The van der Waals surface area contributed by atoms with Crippen LogP contribution < -0.4 is 4.18 Å². The van der Waals surface area contributed by atoms with Gasteiger partial charge in [0.25, 0.3) is 0 Å². The summed E-state index contributed by atoms with van der Waals surface area (Å²) in [4.78, 5) is 3.86. The van der Waals surface area contributed by atoms with Crippen LogP contribution in [0.25, 0.3) is 10.6 Å². The van der Waals surface area contributed by atoms with Crippen LogP contribution >= 0.6 is 11.3 Å². The van der Waals surface area contributed by atoms with E-state index in [9.17, 15) is 47.9 Å². The fraction of sp³-hybridized carbons (Fsp3) is 0.308. The molecule has 0 N–H and O–H groups in total. The molecule has 28 heavy (non-hydrogen) atoms. The fourth-order valence-corrected chi connectivity index (χ4v) is 3.27. The Kier molecular flexibility index (Phi) is 5.40. The van der Waals surface area contributed by atoms with E-state index in [1.165, 1.54) is 6.20 Å². The Bertz CT molecular complexity index is 923. The first-order valence-electron chi connectivity index (χ1n) is 6.69. The largest absolute Gasteiger partial charge is 0.460 e. The van der Waals surface area contributed by atoms with E-state index in [0.717, 1.165) is 23.5 Å². The summed E-state index contributed by atoms with van der Waals surface area (Å²) >= 11 is 1.13. The maximum atomic E-state index is 13.5. The number of alkyl halides is 9. The summed E-state index contributed by atoms with van der Waals surface area (Å²) in [6.45, 7) is 0. The standard InChI is InChI=1S/C13H6F9NO3S2/c14-10(15,12(18,19)20)11(16,17)13(21,22)28(24,25)26-8-3-1-7(2-4-8)9-23-5-6-27-9/h1-6H. The van der Waals surface area contributed by atoms with Crippen molar-refractivity contribution in [2.24, 2.45) is 0 Å². The first-order valence-corrected chi connectivity index (χ1v) is 8.97. The minimum Gasteiger partial charge on any atom is -0.378 e. The van der Waals surface area contributed by atoms with Gasteiger partial charge in [-0.2, -0.15) is 47.9 Å². The molecule has 0 aliphatic carbocycles. The highest BCUT2D eigenvalue weighted by atomic mass is 32.2. The summed E-state index contributed by atoms with van der Waals surface area (Å²) in [5.74, 6) is -15.7. The lowest BCUT2D eigenvalue weighted by Gasteiger charge is -2.32. The molecule has 0 radical (unpaired) electrons. The number of halogens is 9. The van der Waals surface area contributed by atoms with Crippen molar-refractivity contribution >= 4 is 21.5 Å². The number of aromatic nitrogens is 1. The van der Waals surface area contributed by atoms with Gasteiger partial charge < -0.3 is 4.18 Å². The molecule has 0 aliphatic heterocycles. The summed E-state index contributed by atoms with van der Waals surface area (Å²) in [5.41, 5.74) is 0.334. The lowest BCUT2D eigenvalue weighted by molar-refractivity contribution is -0.382. The van der Waals surface area contributed by atoms with E-state index in [1.807, 2.05) is 0 Å². The lowest BCUT2D eigenvalue weighted by Crippen LogP contribution is -2.63. The van der Waals surface area contributed by atoms with Crippen molar-refractivity contribution in [3.63, 3.8) is 0 Å². The van der Waals surface area contributed by atoms with Crippen molar-refractivity contribution in [1.29, 1.82) is 0 Å². The Morgan fingerprint density at radius 3 is 1.82 bits per heavy atom. The Morgan fingerprint density at radius 1 is 0.857 bits per heavy atom. The second-order valence-electron chi connectivity index (χ2n) is 5.06. The minimum atomic E-state index is -7.35. The van der Waals surface area contributed by atoms with Crippen molar-refractivity contribution in [2.75, 3.05) is 0 Å². The topological polar surface area (TPSA) is 56.3 Å². The SMILES string of the molecule is O=S(=O)(Oc1ccc(-c2nccs2)cc1)C(F)(F)C(F)(F)C(F)(F)C(F)(F)F. The third-order valence-corrected chi connectivity index (χ3v) is 5.29. The molecule has 0 saturated heterocycles. The Hall–Kier alpha value is -2.03. The van der Waals surface area contributed by atoms with E-state index in [1.54, 1.807) is 5.38 Å². The third kappa shape index (κ3) is 3.52. The van der Waals surface area contributed by atoms with Gasteiger partial charge in [0, 0.05) is 17.1 Å². The summed E-state index contributed by atoms with van der Waals surface area (Å²) in [6.07, 6.45) is -5.75. The Labute approximate surface area is 154 Å². The van der Waals surface area contributed by atoms with E-state index < -0.39 is 39.1 Å². The van der Waals surface area contributed by atoms with Gasteiger partial charge in [0.15, 0.2) is 0 Å².